The summed E-state index contributed by atoms with van der Waals surface area (Å²) in [7, 11) is 3.10. The van der Waals surface area contributed by atoms with Crippen LogP contribution >= 0.6 is 0 Å². The highest BCUT2D eigenvalue weighted by molar-refractivity contribution is 5.58. The van der Waals surface area contributed by atoms with Gasteiger partial charge in [0.25, 0.3) is 0 Å². The fourth-order valence-electron chi connectivity index (χ4n) is 2.44. The number of phenolic OH excluding ortho intramolecular Hbond substituents is 1. The Hall–Kier alpha value is -1.42. The molecule has 1 aromatic carbocycles. The predicted molar refractivity (Wildman–Crippen MR) is 65.8 cm³/mol. The second kappa shape index (κ2) is 4.84. The third kappa shape index (κ3) is 2.17. The minimum atomic E-state index is 0.111. The van der Waals surface area contributed by atoms with Crippen molar-refractivity contribution in [3.05, 3.63) is 17.2 Å². The van der Waals surface area contributed by atoms with Gasteiger partial charge in [-0.3, -0.25) is 0 Å². The Labute approximate surface area is 101 Å². The van der Waals surface area contributed by atoms with E-state index in [1.807, 2.05) is 6.07 Å². The van der Waals surface area contributed by atoms with Gasteiger partial charge < -0.3 is 20.3 Å². The van der Waals surface area contributed by atoms with E-state index in [9.17, 15) is 5.11 Å². The van der Waals surface area contributed by atoms with Gasteiger partial charge in [0.15, 0.2) is 11.5 Å². The number of hydrogen-bond acceptors (Lipinski definition) is 4. The molecule has 0 amide bonds. The largest absolute Gasteiger partial charge is 0.504 e. The van der Waals surface area contributed by atoms with Crippen molar-refractivity contribution in [1.29, 1.82) is 0 Å². The lowest BCUT2D eigenvalue weighted by molar-refractivity contribution is 0.330. The summed E-state index contributed by atoms with van der Waals surface area (Å²) in [5.41, 5.74) is 8.03. The molecule has 0 saturated carbocycles. The lowest BCUT2D eigenvalue weighted by atomic mass is 9.99. The van der Waals surface area contributed by atoms with E-state index in [1.54, 1.807) is 7.11 Å². The van der Waals surface area contributed by atoms with Crippen molar-refractivity contribution in [1.82, 2.24) is 0 Å². The summed E-state index contributed by atoms with van der Waals surface area (Å²) in [4.78, 5) is 0. The van der Waals surface area contributed by atoms with Gasteiger partial charge in [0.05, 0.1) is 14.2 Å². The molecule has 1 aliphatic carbocycles. The van der Waals surface area contributed by atoms with Crippen molar-refractivity contribution in [2.75, 3.05) is 14.2 Å². The summed E-state index contributed by atoms with van der Waals surface area (Å²) in [6, 6.07) is 2.06. The number of aryl methyl sites for hydroxylation is 1. The Morgan fingerprint density at radius 3 is 2.76 bits per heavy atom. The number of benzene rings is 1. The second-order valence-electron chi connectivity index (χ2n) is 4.45. The second-order valence-corrected chi connectivity index (χ2v) is 4.45. The van der Waals surface area contributed by atoms with E-state index < -0.39 is 0 Å². The normalized spacial score (nSPS) is 19.4. The van der Waals surface area contributed by atoms with E-state index in [4.69, 9.17) is 15.2 Å². The molecule has 0 aromatic heterocycles. The molecule has 0 radical (unpaired) electrons. The maximum Gasteiger partial charge on any atom is 0.203 e. The highest BCUT2D eigenvalue weighted by Crippen LogP contribution is 2.42. The molecule has 2 rings (SSSR count). The van der Waals surface area contributed by atoms with Gasteiger partial charge in [-0.15, -0.1) is 0 Å². The van der Waals surface area contributed by atoms with Crippen molar-refractivity contribution < 1.29 is 14.6 Å². The fraction of sp³-hybridized carbons (Fsp3) is 0.538. The number of ether oxygens (including phenoxy) is 2. The zero-order chi connectivity index (χ0) is 12.4. The number of fused-ring (bicyclic) bond motifs is 1. The van der Waals surface area contributed by atoms with Gasteiger partial charge in [0.1, 0.15) is 0 Å². The van der Waals surface area contributed by atoms with Crippen LogP contribution in [-0.2, 0) is 12.8 Å². The van der Waals surface area contributed by atoms with Gasteiger partial charge in [-0.05, 0) is 37.3 Å². The van der Waals surface area contributed by atoms with E-state index in [0.29, 0.717) is 17.9 Å². The fourth-order valence-corrected chi connectivity index (χ4v) is 2.44. The van der Waals surface area contributed by atoms with Crippen molar-refractivity contribution in [3.63, 3.8) is 0 Å². The van der Waals surface area contributed by atoms with Gasteiger partial charge in [0.2, 0.25) is 5.75 Å². The molecule has 94 valence electrons. The number of hydrogen-bond donors (Lipinski definition) is 2. The van der Waals surface area contributed by atoms with Crippen LogP contribution in [0, 0.1) is 0 Å². The van der Waals surface area contributed by atoms with Gasteiger partial charge in [-0.1, -0.05) is 0 Å². The van der Waals surface area contributed by atoms with Crippen LogP contribution in [0.4, 0.5) is 0 Å². The first-order valence-corrected chi connectivity index (χ1v) is 5.88. The summed E-state index contributed by atoms with van der Waals surface area (Å²) < 4.78 is 10.4. The van der Waals surface area contributed by atoms with Crippen LogP contribution in [0.15, 0.2) is 6.07 Å². The van der Waals surface area contributed by atoms with Crippen LogP contribution in [0.2, 0.25) is 0 Å². The quantitative estimate of drug-likeness (QED) is 0.767. The van der Waals surface area contributed by atoms with Crippen LogP contribution in [0.1, 0.15) is 24.0 Å². The molecule has 0 heterocycles. The molecule has 0 unspecified atom stereocenters. The molecule has 0 spiro atoms. The zero-order valence-electron chi connectivity index (χ0n) is 10.3. The molecule has 0 aliphatic heterocycles. The SMILES string of the molecule is COc1cc2c(c(O)c1OC)C[C@H](N)CCC2. The first kappa shape index (κ1) is 12.0. The minimum absolute atomic E-state index is 0.111. The average Bonchev–Trinajstić information content (AvgIpc) is 2.50. The molecule has 3 N–H and O–H groups in total. The monoisotopic (exact) mass is 237 g/mol. The van der Waals surface area contributed by atoms with Crippen LogP contribution in [0.3, 0.4) is 0 Å². The Bertz CT molecular complexity index is 418. The number of rotatable bonds is 2. The Balaban J connectivity index is 2.54. The molecule has 1 aliphatic rings. The van der Waals surface area contributed by atoms with Gasteiger partial charge >= 0.3 is 0 Å². The van der Waals surface area contributed by atoms with Crippen LogP contribution < -0.4 is 15.2 Å². The molecule has 0 bridgehead atoms. The molecule has 0 fully saturated rings. The topological polar surface area (TPSA) is 64.7 Å². The van der Waals surface area contributed by atoms with Crippen molar-refractivity contribution in [3.8, 4) is 17.2 Å². The molecular formula is C13H19NO3. The first-order chi connectivity index (χ1) is 8.17. The van der Waals surface area contributed by atoms with Crippen molar-refractivity contribution >= 4 is 0 Å². The molecule has 17 heavy (non-hydrogen) atoms. The van der Waals surface area contributed by atoms with Crippen molar-refractivity contribution in [2.45, 2.75) is 31.7 Å². The van der Waals surface area contributed by atoms with E-state index in [-0.39, 0.29) is 11.8 Å². The summed E-state index contributed by atoms with van der Waals surface area (Å²) in [6.45, 7) is 0. The lowest BCUT2D eigenvalue weighted by Gasteiger charge is -2.16. The summed E-state index contributed by atoms with van der Waals surface area (Å²) >= 11 is 0. The predicted octanol–water partition coefficient (Wildman–Crippen LogP) is 1.62. The summed E-state index contributed by atoms with van der Waals surface area (Å²) in [5, 5.41) is 10.2. The van der Waals surface area contributed by atoms with Gasteiger partial charge in [-0.25, -0.2) is 0 Å². The van der Waals surface area contributed by atoms with E-state index in [2.05, 4.69) is 0 Å². The number of phenols is 1. The standard InChI is InChI=1S/C13H19NO3/c1-16-11-6-8-4-3-5-9(14)7-10(8)12(15)13(11)17-2/h6,9,15H,3-5,7,14H2,1-2H3/t9-/m1/s1. The molecule has 4 nitrogen and oxygen atoms in total. The van der Waals surface area contributed by atoms with E-state index in [0.717, 1.165) is 30.4 Å². The maximum absolute atomic E-state index is 10.2. The Morgan fingerprint density at radius 1 is 1.35 bits per heavy atom. The third-order valence-corrected chi connectivity index (χ3v) is 3.33. The zero-order valence-corrected chi connectivity index (χ0v) is 10.3. The number of aromatic hydroxyl groups is 1. The van der Waals surface area contributed by atoms with Gasteiger partial charge in [0, 0.05) is 11.6 Å². The smallest absolute Gasteiger partial charge is 0.203 e. The lowest BCUT2D eigenvalue weighted by Crippen LogP contribution is -2.21. The summed E-state index contributed by atoms with van der Waals surface area (Å²) in [5.74, 6) is 1.17. The van der Waals surface area contributed by atoms with Crippen LogP contribution in [0.5, 0.6) is 17.2 Å². The van der Waals surface area contributed by atoms with Crippen molar-refractivity contribution in [2.24, 2.45) is 5.73 Å². The maximum atomic E-state index is 10.2. The highest BCUT2D eigenvalue weighted by Gasteiger charge is 2.22. The first-order valence-electron chi connectivity index (χ1n) is 5.88. The number of nitrogens with two attached hydrogens (primary N) is 1. The Morgan fingerprint density at radius 2 is 2.12 bits per heavy atom. The summed E-state index contributed by atoms with van der Waals surface area (Å²) in [6.07, 6.45) is 3.65. The third-order valence-electron chi connectivity index (χ3n) is 3.33. The van der Waals surface area contributed by atoms with Gasteiger partial charge in [-0.2, -0.15) is 0 Å². The Kier molecular flexibility index (Phi) is 3.43. The van der Waals surface area contributed by atoms with Crippen LogP contribution in [0.25, 0.3) is 0 Å². The number of methoxy groups -OCH3 is 2. The molecule has 1 aromatic rings. The minimum Gasteiger partial charge on any atom is -0.504 e. The average molecular weight is 237 g/mol. The molecule has 0 saturated heterocycles. The van der Waals surface area contributed by atoms with Crippen LogP contribution in [-0.4, -0.2) is 25.4 Å². The van der Waals surface area contributed by atoms with E-state index >= 15 is 0 Å². The molecular weight excluding hydrogens is 218 g/mol. The molecule has 4 heteroatoms. The van der Waals surface area contributed by atoms with E-state index in [1.165, 1.54) is 7.11 Å². The highest BCUT2D eigenvalue weighted by atomic mass is 16.5. The molecule has 1 atom stereocenters.